The maximum Gasteiger partial charge on any atom is 0.337 e. The van der Waals surface area contributed by atoms with Crippen LogP contribution in [0.4, 0.5) is 23.1 Å². The minimum absolute atomic E-state index is 0.143. The molecule has 10 heteroatoms. The molecule has 3 heterocycles. The number of rotatable bonds is 6. The Balaban J connectivity index is 1.55. The number of hydrogen-bond acceptors (Lipinski definition) is 9. The van der Waals surface area contributed by atoms with E-state index in [9.17, 15) is 4.79 Å². The number of ether oxygens (including phenoxy) is 2. The predicted molar refractivity (Wildman–Crippen MR) is 141 cm³/mol. The summed E-state index contributed by atoms with van der Waals surface area (Å²) in [4.78, 5) is 25.6. The maximum absolute atomic E-state index is 12.0. The molecular weight excluding hydrogens is 458 g/mol. The number of nitrogen functional groups attached to an aromatic ring is 1. The zero-order valence-corrected chi connectivity index (χ0v) is 20.6. The molecule has 0 saturated carbocycles. The fourth-order valence-corrected chi connectivity index (χ4v) is 4.46. The molecule has 10 nitrogen and oxygen atoms in total. The molecule has 0 bridgehead atoms. The summed E-state index contributed by atoms with van der Waals surface area (Å²) < 4.78 is 12.6. The first-order valence-corrected chi connectivity index (χ1v) is 11.7. The van der Waals surface area contributed by atoms with Crippen LogP contribution in [0.25, 0.3) is 16.7 Å². The molecular formula is C26H29N7O3. The van der Waals surface area contributed by atoms with Crippen LogP contribution < -0.4 is 20.7 Å². The van der Waals surface area contributed by atoms with Crippen molar-refractivity contribution in [2.24, 2.45) is 0 Å². The number of carbonyl (C=O) groups is 1. The fraction of sp³-hybridized carbons (Fsp3) is 0.269. The topological polar surface area (TPSA) is 111 Å². The molecule has 0 aliphatic carbocycles. The van der Waals surface area contributed by atoms with Crippen LogP contribution in [0.2, 0.25) is 0 Å². The van der Waals surface area contributed by atoms with E-state index >= 15 is 0 Å². The van der Waals surface area contributed by atoms with E-state index in [1.54, 1.807) is 25.3 Å². The number of hydrogen-bond donors (Lipinski definition) is 2. The molecule has 1 aliphatic rings. The Morgan fingerprint density at radius 2 is 1.83 bits per heavy atom. The van der Waals surface area contributed by atoms with Crippen LogP contribution in [0, 0.1) is 0 Å². The molecule has 0 radical (unpaired) electrons. The summed E-state index contributed by atoms with van der Waals surface area (Å²) in [6, 6.07) is 15.1. The Bertz CT molecular complexity index is 1410. The molecule has 0 spiro atoms. The van der Waals surface area contributed by atoms with Gasteiger partial charge in [0.15, 0.2) is 5.82 Å². The largest absolute Gasteiger partial charge is 0.494 e. The van der Waals surface area contributed by atoms with Crippen molar-refractivity contribution in [3.8, 4) is 11.4 Å². The number of benzene rings is 2. The van der Waals surface area contributed by atoms with Crippen molar-refractivity contribution in [2.45, 2.75) is 0 Å². The monoisotopic (exact) mass is 487 g/mol. The second-order valence-electron chi connectivity index (χ2n) is 8.69. The van der Waals surface area contributed by atoms with Crippen LogP contribution in [0.1, 0.15) is 10.4 Å². The third-order valence-electron chi connectivity index (χ3n) is 6.39. The van der Waals surface area contributed by atoms with Crippen LogP contribution in [-0.4, -0.2) is 72.9 Å². The molecule has 0 atom stereocenters. The van der Waals surface area contributed by atoms with Gasteiger partial charge in [0.2, 0.25) is 5.95 Å². The summed E-state index contributed by atoms with van der Waals surface area (Å²) in [6.45, 7) is 3.99. The lowest BCUT2D eigenvalue weighted by Crippen LogP contribution is -2.44. The van der Waals surface area contributed by atoms with Gasteiger partial charge in [-0.15, -0.1) is 0 Å². The van der Waals surface area contributed by atoms with Crippen molar-refractivity contribution in [2.75, 3.05) is 63.4 Å². The Morgan fingerprint density at radius 3 is 2.58 bits per heavy atom. The molecule has 1 aliphatic heterocycles. The van der Waals surface area contributed by atoms with Crippen molar-refractivity contribution in [3.05, 3.63) is 60.3 Å². The van der Waals surface area contributed by atoms with E-state index in [0.29, 0.717) is 22.6 Å². The Morgan fingerprint density at radius 1 is 1.03 bits per heavy atom. The molecule has 1 fully saturated rings. The lowest BCUT2D eigenvalue weighted by molar-refractivity contribution is 0.0601. The van der Waals surface area contributed by atoms with Gasteiger partial charge in [-0.05, 0) is 43.4 Å². The van der Waals surface area contributed by atoms with Gasteiger partial charge >= 0.3 is 5.97 Å². The zero-order valence-electron chi connectivity index (χ0n) is 20.6. The number of carbonyl (C=O) groups excluding carboxylic acids is 1. The van der Waals surface area contributed by atoms with Crippen LogP contribution >= 0.6 is 0 Å². The molecule has 0 amide bonds. The molecule has 36 heavy (non-hydrogen) atoms. The van der Waals surface area contributed by atoms with Gasteiger partial charge in [-0.2, -0.15) is 4.98 Å². The highest BCUT2D eigenvalue weighted by Gasteiger charge is 2.19. The van der Waals surface area contributed by atoms with Gasteiger partial charge in [-0.25, -0.2) is 9.78 Å². The van der Waals surface area contributed by atoms with Crippen LogP contribution in [0.15, 0.2) is 54.7 Å². The van der Waals surface area contributed by atoms with E-state index in [-0.39, 0.29) is 5.95 Å². The predicted octanol–water partition coefficient (Wildman–Crippen LogP) is 3.29. The number of methoxy groups -OCH3 is 2. The number of esters is 1. The third-order valence-corrected chi connectivity index (χ3v) is 6.39. The van der Waals surface area contributed by atoms with Crippen LogP contribution in [-0.2, 0) is 4.74 Å². The number of fused-ring (bicyclic) bond motifs is 1. The van der Waals surface area contributed by atoms with Gasteiger partial charge in [-0.3, -0.25) is 0 Å². The third kappa shape index (κ3) is 4.50. The summed E-state index contributed by atoms with van der Waals surface area (Å²) in [7, 11) is 5.17. The summed E-state index contributed by atoms with van der Waals surface area (Å²) in [5.41, 5.74) is 10.5. The number of nitrogens with zero attached hydrogens (tertiary/aromatic N) is 5. The number of aromatic nitrogens is 3. The van der Waals surface area contributed by atoms with Gasteiger partial charge in [0, 0.05) is 49.8 Å². The van der Waals surface area contributed by atoms with E-state index < -0.39 is 5.97 Å². The molecule has 5 rings (SSSR count). The zero-order chi connectivity index (χ0) is 25.2. The number of anilines is 4. The SMILES string of the molecule is COC(=O)c1cccc(Nc2nc(N)nc3ccn(-c4ccc(N5CCN(C)CC5)cc4OC)c23)c1. The van der Waals surface area contributed by atoms with Crippen molar-refractivity contribution in [1.82, 2.24) is 19.4 Å². The van der Waals surface area contributed by atoms with Crippen molar-refractivity contribution >= 4 is 40.1 Å². The quantitative estimate of drug-likeness (QED) is 0.396. The summed E-state index contributed by atoms with van der Waals surface area (Å²) in [5, 5.41) is 3.29. The van der Waals surface area contributed by atoms with E-state index in [1.165, 1.54) is 7.11 Å². The van der Waals surface area contributed by atoms with Gasteiger partial charge in [0.1, 0.15) is 11.3 Å². The van der Waals surface area contributed by atoms with Gasteiger partial charge < -0.3 is 34.9 Å². The first-order valence-electron chi connectivity index (χ1n) is 11.7. The van der Waals surface area contributed by atoms with Crippen LogP contribution in [0.3, 0.4) is 0 Å². The summed E-state index contributed by atoms with van der Waals surface area (Å²) >= 11 is 0. The first kappa shape index (κ1) is 23.4. The minimum Gasteiger partial charge on any atom is -0.494 e. The average molecular weight is 488 g/mol. The molecule has 186 valence electrons. The second-order valence-corrected chi connectivity index (χ2v) is 8.69. The summed E-state index contributed by atoms with van der Waals surface area (Å²) in [6.07, 6.45) is 1.92. The average Bonchev–Trinajstić information content (AvgIpc) is 3.32. The molecule has 1 saturated heterocycles. The van der Waals surface area contributed by atoms with Crippen molar-refractivity contribution < 1.29 is 14.3 Å². The number of nitrogens with two attached hydrogens (primary N) is 1. The first-order chi connectivity index (χ1) is 17.5. The van der Waals surface area contributed by atoms with Gasteiger partial charge in [-0.1, -0.05) is 6.07 Å². The number of likely N-dealkylation sites (N-methyl/N-ethyl adjacent to an activating group) is 1. The molecule has 3 N–H and O–H groups in total. The van der Waals surface area contributed by atoms with E-state index in [2.05, 4.69) is 44.3 Å². The van der Waals surface area contributed by atoms with E-state index in [1.807, 2.05) is 29.0 Å². The van der Waals surface area contributed by atoms with Crippen LogP contribution in [0.5, 0.6) is 5.75 Å². The second kappa shape index (κ2) is 9.74. The molecule has 0 unspecified atom stereocenters. The Hall–Kier alpha value is -4.31. The Kier molecular flexibility index (Phi) is 6.34. The molecule has 2 aromatic heterocycles. The molecule has 4 aromatic rings. The van der Waals surface area contributed by atoms with E-state index in [0.717, 1.165) is 48.8 Å². The van der Waals surface area contributed by atoms with Crippen molar-refractivity contribution in [1.29, 1.82) is 0 Å². The summed E-state index contributed by atoms with van der Waals surface area (Å²) in [5.74, 6) is 0.970. The number of piperazine rings is 1. The fourth-order valence-electron chi connectivity index (χ4n) is 4.46. The highest BCUT2D eigenvalue weighted by atomic mass is 16.5. The van der Waals surface area contributed by atoms with E-state index in [4.69, 9.17) is 15.2 Å². The number of nitrogens with one attached hydrogen (secondary N) is 1. The highest BCUT2D eigenvalue weighted by molar-refractivity contribution is 5.93. The van der Waals surface area contributed by atoms with Gasteiger partial charge in [0.25, 0.3) is 0 Å². The maximum atomic E-state index is 12.0. The minimum atomic E-state index is -0.417. The smallest absolute Gasteiger partial charge is 0.337 e. The molecule has 2 aromatic carbocycles. The Labute approximate surface area is 209 Å². The van der Waals surface area contributed by atoms with Gasteiger partial charge in [0.05, 0.1) is 31.0 Å². The lowest BCUT2D eigenvalue weighted by Gasteiger charge is -2.34. The normalized spacial score (nSPS) is 14.1. The highest BCUT2D eigenvalue weighted by Crippen LogP contribution is 2.34. The standard InChI is InChI=1S/C26H29N7O3/c1-31-11-13-32(14-12-31)19-7-8-21(22(16-19)35-2)33-10-9-20-23(33)24(30-26(27)29-20)28-18-6-4-5-17(15-18)25(34)36-3/h4-10,15-16H,11-14H2,1-3H3,(H3,27,28,29,30). The lowest BCUT2D eigenvalue weighted by atomic mass is 10.2. The van der Waals surface area contributed by atoms with Crippen molar-refractivity contribution in [3.63, 3.8) is 0 Å².